The minimum absolute atomic E-state index is 0.0731. The van der Waals surface area contributed by atoms with Crippen LogP contribution in [0.1, 0.15) is 49.9 Å². The largest absolute Gasteiger partial charge is 0.373 e. The Bertz CT molecular complexity index is 771. The molecule has 156 valence electrons. The Kier molecular flexibility index (Phi) is 7.36. The number of carbonyl (C=O) groups is 1. The van der Waals surface area contributed by atoms with Crippen molar-refractivity contribution in [2.45, 2.75) is 62.0 Å². The number of thioether (sulfide) groups is 1. The topological polar surface area (TPSA) is 88.6 Å². The fourth-order valence-electron chi connectivity index (χ4n) is 3.70. The van der Waals surface area contributed by atoms with Crippen LogP contribution in [0.3, 0.4) is 0 Å². The number of morpholine rings is 1. The summed E-state index contributed by atoms with van der Waals surface area (Å²) >= 11 is 1.66. The van der Waals surface area contributed by atoms with Crippen LogP contribution in [-0.4, -0.2) is 66.5 Å². The van der Waals surface area contributed by atoms with E-state index in [9.17, 15) is 13.2 Å². The molecule has 1 aromatic heterocycles. The molecular weight excluding hydrogens is 398 g/mol. The molecule has 1 saturated carbocycles. The van der Waals surface area contributed by atoms with Crippen LogP contribution in [0.2, 0.25) is 0 Å². The number of rotatable bonds is 7. The molecule has 9 heteroatoms. The number of aromatic nitrogens is 1. The molecule has 0 radical (unpaired) electrons. The quantitative estimate of drug-likeness (QED) is 0.718. The van der Waals surface area contributed by atoms with Crippen LogP contribution >= 0.6 is 11.8 Å². The van der Waals surface area contributed by atoms with E-state index in [1.165, 1.54) is 17.1 Å². The average molecular weight is 428 g/mol. The molecular formula is C19H29N3O4S2. The van der Waals surface area contributed by atoms with Gasteiger partial charge in [0.05, 0.1) is 23.5 Å². The number of hydrogen-bond acceptors (Lipinski definition) is 6. The Balaban J connectivity index is 1.55. The van der Waals surface area contributed by atoms with Crippen LogP contribution in [0, 0.1) is 0 Å². The van der Waals surface area contributed by atoms with Gasteiger partial charge in [0.25, 0.3) is 5.91 Å². The van der Waals surface area contributed by atoms with Crippen LogP contribution in [0.25, 0.3) is 0 Å². The third kappa shape index (κ3) is 5.68. The predicted octanol–water partition coefficient (Wildman–Crippen LogP) is 2.29. The van der Waals surface area contributed by atoms with Gasteiger partial charge in [-0.15, -0.1) is 11.8 Å². The molecule has 2 atom stereocenters. The monoisotopic (exact) mass is 427 g/mol. The first-order valence-electron chi connectivity index (χ1n) is 9.88. The summed E-state index contributed by atoms with van der Waals surface area (Å²) in [6, 6.07) is 3.49. The van der Waals surface area contributed by atoms with Gasteiger partial charge in [-0.3, -0.25) is 4.79 Å². The van der Waals surface area contributed by atoms with Gasteiger partial charge in [-0.05, 0) is 38.8 Å². The van der Waals surface area contributed by atoms with Crippen LogP contribution in [0.4, 0.5) is 0 Å². The molecule has 0 unspecified atom stereocenters. The third-order valence-electron chi connectivity index (χ3n) is 5.02. The molecule has 1 aliphatic heterocycles. The first-order chi connectivity index (χ1) is 13.3. The zero-order valence-electron chi connectivity index (χ0n) is 16.5. The van der Waals surface area contributed by atoms with E-state index in [0.29, 0.717) is 23.9 Å². The summed E-state index contributed by atoms with van der Waals surface area (Å²) in [7, 11) is -3.44. The van der Waals surface area contributed by atoms with Crippen LogP contribution in [0.5, 0.6) is 0 Å². The fraction of sp³-hybridized carbons (Fsp3) is 0.684. The van der Waals surface area contributed by atoms with Gasteiger partial charge in [0.1, 0.15) is 5.03 Å². The highest BCUT2D eigenvalue weighted by atomic mass is 32.2. The van der Waals surface area contributed by atoms with Gasteiger partial charge in [-0.2, -0.15) is 4.31 Å². The first kappa shape index (κ1) is 21.5. The van der Waals surface area contributed by atoms with Gasteiger partial charge in [0.15, 0.2) is 0 Å². The number of amides is 1. The van der Waals surface area contributed by atoms with E-state index >= 15 is 0 Å². The standard InChI is InChI=1S/C19H29N3O4S2/c1-14-12-22(13-15(2)26-14)28(24,25)11-10-20-18(23)17-8-5-9-21-19(17)27-16-6-3-4-7-16/h5,8-9,14-16H,3-4,6-7,10-13H2,1-2H3,(H,20,23)/t14-,15-/m1/s1. The molecule has 7 nitrogen and oxygen atoms in total. The van der Waals surface area contributed by atoms with Crippen LogP contribution in [0.15, 0.2) is 23.4 Å². The number of carbonyl (C=O) groups excluding carboxylic acids is 1. The van der Waals surface area contributed by atoms with Gasteiger partial charge in [0.2, 0.25) is 10.0 Å². The summed E-state index contributed by atoms with van der Waals surface area (Å²) in [5.41, 5.74) is 0.519. The average Bonchev–Trinajstić information content (AvgIpc) is 3.14. The molecule has 1 saturated heterocycles. The molecule has 1 aliphatic carbocycles. The molecule has 2 heterocycles. The van der Waals surface area contributed by atoms with Crippen molar-refractivity contribution in [3.63, 3.8) is 0 Å². The number of pyridine rings is 1. The lowest BCUT2D eigenvalue weighted by Gasteiger charge is -2.34. The zero-order chi connectivity index (χ0) is 20.1. The summed E-state index contributed by atoms with van der Waals surface area (Å²) in [5, 5.41) is 3.99. The molecule has 3 rings (SSSR count). The Labute approximate surface area is 171 Å². The van der Waals surface area contributed by atoms with Crippen molar-refractivity contribution in [1.82, 2.24) is 14.6 Å². The Morgan fingerprint density at radius 2 is 1.96 bits per heavy atom. The van der Waals surface area contributed by atoms with E-state index in [0.717, 1.165) is 17.9 Å². The number of nitrogens with one attached hydrogen (secondary N) is 1. The molecule has 0 aromatic carbocycles. The molecule has 2 fully saturated rings. The highest BCUT2D eigenvalue weighted by Crippen LogP contribution is 2.35. The number of nitrogens with zero attached hydrogens (tertiary/aromatic N) is 2. The lowest BCUT2D eigenvalue weighted by Crippen LogP contribution is -2.49. The normalized spacial score (nSPS) is 24.4. The van der Waals surface area contributed by atoms with Crippen molar-refractivity contribution < 1.29 is 17.9 Å². The summed E-state index contributed by atoms with van der Waals surface area (Å²) in [6.07, 6.45) is 6.19. The maximum absolute atomic E-state index is 12.6. The fourth-order valence-corrected chi connectivity index (χ4v) is 6.48. The lowest BCUT2D eigenvalue weighted by molar-refractivity contribution is -0.0440. The van der Waals surface area contributed by atoms with E-state index in [2.05, 4.69) is 10.3 Å². The number of hydrogen-bond donors (Lipinski definition) is 1. The summed E-state index contributed by atoms with van der Waals surface area (Å²) in [6.45, 7) is 4.51. The molecule has 28 heavy (non-hydrogen) atoms. The highest BCUT2D eigenvalue weighted by Gasteiger charge is 2.30. The predicted molar refractivity (Wildman–Crippen MR) is 110 cm³/mol. The SMILES string of the molecule is C[C@@H]1CN(S(=O)(=O)CCNC(=O)c2cccnc2SC2CCCC2)C[C@@H](C)O1. The van der Waals surface area contributed by atoms with E-state index in [-0.39, 0.29) is 30.4 Å². The van der Waals surface area contributed by atoms with E-state index in [4.69, 9.17) is 4.74 Å². The molecule has 1 N–H and O–H groups in total. The van der Waals surface area contributed by atoms with Crippen molar-refractivity contribution in [3.05, 3.63) is 23.9 Å². The number of ether oxygens (including phenoxy) is 1. The van der Waals surface area contributed by atoms with Gasteiger partial charge in [-0.25, -0.2) is 13.4 Å². The van der Waals surface area contributed by atoms with Crippen molar-refractivity contribution in [3.8, 4) is 0 Å². The summed E-state index contributed by atoms with van der Waals surface area (Å²) in [4.78, 5) is 17.0. The van der Waals surface area contributed by atoms with Crippen molar-refractivity contribution in [1.29, 1.82) is 0 Å². The third-order valence-corrected chi connectivity index (χ3v) is 8.18. The Morgan fingerprint density at radius 3 is 2.64 bits per heavy atom. The second kappa shape index (κ2) is 9.56. The molecule has 2 aliphatic rings. The molecule has 1 amide bonds. The van der Waals surface area contributed by atoms with E-state index < -0.39 is 10.0 Å². The van der Waals surface area contributed by atoms with Gasteiger partial charge >= 0.3 is 0 Å². The van der Waals surface area contributed by atoms with Crippen LogP contribution in [-0.2, 0) is 14.8 Å². The minimum Gasteiger partial charge on any atom is -0.373 e. The Morgan fingerprint density at radius 1 is 1.29 bits per heavy atom. The summed E-state index contributed by atoms with van der Waals surface area (Å²) in [5.74, 6) is -0.392. The second-order valence-corrected chi connectivity index (χ2v) is 10.9. The summed E-state index contributed by atoms with van der Waals surface area (Å²) < 4.78 is 32.2. The van der Waals surface area contributed by atoms with Crippen LogP contribution < -0.4 is 5.32 Å². The lowest BCUT2D eigenvalue weighted by atomic mass is 10.3. The molecule has 1 aromatic rings. The zero-order valence-corrected chi connectivity index (χ0v) is 18.1. The van der Waals surface area contributed by atoms with Crippen molar-refractivity contribution in [2.24, 2.45) is 0 Å². The highest BCUT2D eigenvalue weighted by molar-refractivity contribution is 8.00. The van der Waals surface area contributed by atoms with Gasteiger partial charge in [0, 0.05) is 31.1 Å². The first-order valence-corrected chi connectivity index (χ1v) is 12.4. The van der Waals surface area contributed by atoms with Gasteiger partial charge < -0.3 is 10.1 Å². The maximum atomic E-state index is 12.6. The second-order valence-electron chi connectivity index (χ2n) is 7.53. The molecule has 0 bridgehead atoms. The van der Waals surface area contributed by atoms with Crippen molar-refractivity contribution in [2.75, 3.05) is 25.4 Å². The smallest absolute Gasteiger partial charge is 0.254 e. The number of sulfonamides is 1. The van der Waals surface area contributed by atoms with Crippen molar-refractivity contribution >= 4 is 27.7 Å². The minimum atomic E-state index is -3.44. The molecule has 0 spiro atoms. The van der Waals surface area contributed by atoms with E-state index in [1.54, 1.807) is 30.1 Å². The Hall–Kier alpha value is -1.16. The van der Waals surface area contributed by atoms with Gasteiger partial charge in [-0.1, -0.05) is 12.8 Å². The van der Waals surface area contributed by atoms with E-state index in [1.807, 2.05) is 13.8 Å². The maximum Gasteiger partial charge on any atom is 0.254 e.